The Morgan fingerprint density at radius 1 is 1.11 bits per heavy atom. The van der Waals surface area contributed by atoms with E-state index >= 15 is 0 Å². The number of benzene rings is 2. The van der Waals surface area contributed by atoms with Crippen molar-refractivity contribution in [3.8, 4) is 17.2 Å². The molecule has 3 aromatic heterocycles. The van der Waals surface area contributed by atoms with Crippen LogP contribution < -0.4 is 25.7 Å². The maximum atomic E-state index is 13.4. The average molecular weight is 499 g/mol. The number of fused-ring (bicyclic) bond motifs is 4. The van der Waals surface area contributed by atoms with Gasteiger partial charge in [-0.3, -0.25) is 14.5 Å². The van der Waals surface area contributed by atoms with Crippen molar-refractivity contribution in [2.24, 2.45) is 0 Å². The zero-order chi connectivity index (χ0) is 25.4. The lowest BCUT2D eigenvalue weighted by Gasteiger charge is -2.26. The fourth-order valence-corrected chi connectivity index (χ4v) is 4.22. The highest BCUT2D eigenvalue weighted by atomic mass is 16.6. The van der Waals surface area contributed by atoms with E-state index in [2.05, 4.69) is 30.8 Å². The first-order valence-corrected chi connectivity index (χ1v) is 11.5. The maximum Gasteiger partial charge on any atom is 0.404 e. The van der Waals surface area contributed by atoms with Gasteiger partial charge in [0.25, 0.3) is 5.56 Å². The Balaban J connectivity index is 1.33. The molecule has 0 saturated carbocycles. The Kier molecular flexibility index (Phi) is 5.52. The Labute approximate surface area is 208 Å². The molecule has 1 aliphatic heterocycles. The first-order valence-electron chi connectivity index (χ1n) is 11.5. The second-order valence-corrected chi connectivity index (χ2v) is 8.43. The molecule has 1 aliphatic rings. The average Bonchev–Trinajstić information content (AvgIpc) is 3.42. The number of anilines is 1. The van der Waals surface area contributed by atoms with Crippen molar-refractivity contribution in [3.63, 3.8) is 0 Å². The highest BCUT2D eigenvalue weighted by molar-refractivity contribution is 6.02. The minimum atomic E-state index is -1.11. The minimum absolute atomic E-state index is 0.152. The van der Waals surface area contributed by atoms with Crippen LogP contribution in [-0.4, -0.2) is 55.2 Å². The molecule has 4 N–H and O–H groups in total. The summed E-state index contributed by atoms with van der Waals surface area (Å²) in [5.41, 5.74) is 1.97. The first-order chi connectivity index (χ1) is 18.1. The summed E-state index contributed by atoms with van der Waals surface area (Å²) >= 11 is 0. The molecule has 186 valence electrons. The van der Waals surface area contributed by atoms with E-state index in [0.29, 0.717) is 58.2 Å². The van der Waals surface area contributed by atoms with Gasteiger partial charge in [-0.25, -0.2) is 9.78 Å². The van der Waals surface area contributed by atoms with Crippen LogP contribution in [0.5, 0.6) is 11.5 Å². The molecule has 1 amide bonds. The second kappa shape index (κ2) is 9.15. The monoisotopic (exact) mass is 499 g/mol. The number of carbonyl (C=O) groups is 1. The molecule has 12 heteroatoms. The van der Waals surface area contributed by atoms with Crippen LogP contribution in [0.4, 0.5) is 10.7 Å². The zero-order valence-electron chi connectivity index (χ0n) is 19.3. The highest BCUT2D eigenvalue weighted by Gasteiger charge is 2.21. The molecule has 4 heterocycles. The fourth-order valence-electron chi connectivity index (χ4n) is 4.22. The molecule has 12 nitrogen and oxygen atoms in total. The predicted molar refractivity (Wildman–Crippen MR) is 134 cm³/mol. The quantitative estimate of drug-likeness (QED) is 0.276. The van der Waals surface area contributed by atoms with Gasteiger partial charge < -0.3 is 25.2 Å². The molecular weight excluding hydrogens is 478 g/mol. The maximum absolute atomic E-state index is 13.4. The predicted octanol–water partition coefficient (Wildman–Crippen LogP) is 2.68. The summed E-state index contributed by atoms with van der Waals surface area (Å²) in [5, 5.41) is 22.3. The molecule has 2 aromatic carbocycles. The number of hydrogen-bond acceptors (Lipinski definition) is 8. The topological polar surface area (TPSA) is 156 Å². The van der Waals surface area contributed by atoms with Crippen LogP contribution in [0.1, 0.15) is 5.56 Å². The lowest BCUT2D eigenvalue weighted by molar-refractivity contribution is 0.0996. The molecule has 37 heavy (non-hydrogen) atoms. The van der Waals surface area contributed by atoms with E-state index in [-0.39, 0.29) is 18.2 Å². The lowest BCUT2D eigenvalue weighted by atomic mass is 10.2. The number of nitrogens with zero attached hydrogens (tertiary/aromatic N) is 4. The van der Waals surface area contributed by atoms with Gasteiger partial charge in [-0.15, -0.1) is 0 Å². The van der Waals surface area contributed by atoms with E-state index in [1.807, 2.05) is 24.3 Å². The molecule has 0 saturated heterocycles. The van der Waals surface area contributed by atoms with Crippen LogP contribution in [-0.2, 0) is 6.54 Å². The number of aromatic nitrogens is 5. The van der Waals surface area contributed by atoms with Crippen molar-refractivity contribution in [2.75, 3.05) is 18.5 Å². The van der Waals surface area contributed by atoms with Crippen LogP contribution >= 0.6 is 0 Å². The molecule has 5 aromatic rings. The van der Waals surface area contributed by atoms with Gasteiger partial charge in [0.15, 0.2) is 17.1 Å². The van der Waals surface area contributed by atoms with Gasteiger partial charge >= 0.3 is 6.09 Å². The third kappa shape index (κ3) is 4.24. The number of H-pyrrole nitrogens is 1. The molecule has 0 fully saturated rings. The number of ether oxygens (including phenoxy) is 2. The van der Waals surface area contributed by atoms with E-state index in [4.69, 9.17) is 14.6 Å². The fraction of sp³-hybridized carbons (Fsp3) is 0.160. The van der Waals surface area contributed by atoms with Gasteiger partial charge in [0.05, 0.1) is 34.7 Å². The number of amides is 1. The number of carboxylic acid groups (broad SMARTS) is 1. The number of nitrogens with one attached hydrogen (secondary N) is 3. The van der Waals surface area contributed by atoms with E-state index in [1.165, 1.54) is 10.8 Å². The third-order valence-electron chi connectivity index (χ3n) is 6.02. The van der Waals surface area contributed by atoms with Crippen LogP contribution in [0.15, 0.2) is 65.7 Å². The summed E-state index contributed by atoms with van der Waals surface area (Å²) in [6.45, 7) is 0.918. The number of para-hydroxylation sites is 2. The van der Waals surface area contributed by atoms with Crippen molar-refractivity contribution < 1.29 is 19.4 Å². The standard InChI is InChI=1S/C25H21N7O5/c33-23-18-12-29-31-21(18)17-11-27-24(26-10-16-13-36-19-3-1-2-4-20(19)37-16)30-22(17)32(23)15-7-5-14(6-8-15)9-28-25(34)35/h1-8,11-12,16,28H,9-10,13H2,(H,29,31)(H,34,35)(H,26,27,30). The Morgan fingerprint density at radius 2 is 1.92 bits per heavy atom. The Hall–Kier alpha value is -5.13. The lowest BCUT2D eigenvalue weighted by Crippen LogP contribution is -2.35. The zero-order valence-corrected chi connectivity index (χ0v) is 19.3. The summed E-state index contributed by atoms with van der Waals surface area (Å²) < 4.78 is 13.3. The molecule has 6 rings (SSSR count). The number of pyridine rings is 1. The number of aromatic amines is 1. The molecule has 0 aliphatic carbocycles. The van der Waals surface area contributed by atoms with E-state index in [1.54, 1.807) is 30.5 Å². The highest BCUT2D eigenvalue weighted by Crippen LogP contribution is 2.31. The number of hydrogen-bond donors (Lipinski definition) is 4. The Bertz CT molecular complexity index is 1680. The van der Waals surface area contributed by atoms with E-state index in [0.717, 1.165) is 5.56 Å². The van der Waals surface area contributed by atoms with Crippen LogP contribution in [0.2, 0.25) is 0 Å². The molecule has 1 unspecified atom stereocenters. The van der Waals surface area contributed by atoms with Crippen molar-refractivity contribution in [1.82, 2.24) is 30.0 Å². The first kappa shape index (κ1) is 22.3. The minimum Gasteiger partial charge on any atom is -0.486 e. The third-order valence-corrected chi connectivity index (χ3v) is 6.02. The summed E-state index contributed by atoms with van der Waals surface area (Å²) in [6.07, 6.45) is 1.75. The molecule has 1 atom stereocenters. The van der Waals surface area contributed by atoms with Gasteiger partial charge in [0.2, 0.25) is 5.95 Å². The van der Waals surface area contributed by atoms with Crippen molar-refractivity contribution in [2.45, 2.75) is 12.6 Å². The van der Waals surface area contributed by atoms with Gasteiger partial charge in [-0.05, 0) is 29.8 Å². The van der Waals surface area contributed by atoms with E-state index in [9.17, 15) is 9.59 Å². The van der Waals surface area contributed by atoms with Gasteiger partial charge in [0.1, 0.15) is 12.7 Å². The van der Waals surface area contributed by atoms with Crippen LogP contribution in [0, 0.1) is 0 Å². The normalized spacial score (nSPS) is 14.5. The van der Waals surface area contributed by atoms with E-state index < -0.39 is 6.09 Å². The Morgan fingerprint density at radius 3 is 2.73 bits per heavy atom. The largest absolute Gasteiger partial charge is 0.486 e. The van der Waals surface area contributed by atoms with Crippen molar-refractivity contribution in [1.29, 1.82) is 0 Å². The second-order valence-electron chi connectivity index (χ2n) is 8.43. The molecule has 0 spiro atoms. The van der Waals surface area contributed by atoms with Gasteiger partial charge in [-0.2, -0.15) is 10.1 Å². The molecule has 0 bridgehead atoms. The summed E-state index contributed by atoms with van der Waals surface area (Å²) in [4.78, 5) is 33.3. The molecule has 0 radical (unpaired) electrons. The van der Waals surface area contributed by atoms with Crippen LogP contribution in [0.25, 0.3) is 27.6 Å². The smallest absolute Gasteiger partial charge is 0.404 e. The van der Waals surface area contributed by atoms with Gasteiger partial charge in [-0.1, -0.05) is 24.3 Å². The summed E-state index contributed by atoms with van der Waals surface area (Å²) in [7, 11) is 0. The van der Waals surface area contributed by atoms with Crippen molar-refractivity contribution in [3.05, 3.63) is 76.8 Å². The van der Waals surface area contributed by atoms with Crippen molar-refractivity contribution >= 4 is 34.0 Å². The summed E-state index contributed by atoms with van der Waals surface area (Å²) in [6, 6.07) is 14.5. The SMILES string of the molecule is O=C(O)NCc1ccc(-n2c(=O)c3cn[nH]c3c3cnc(NCC4COc5ccccc5O4)nc32)cc1. The van der Waals surface area contributed by atoms with Crippen LogP contribution in [0.3, 0.4) is 0 Å². The summed E-state index contributed by atoms with van der Waals surface area (Å²) in [5.74, 6) is 1.71. The number of rotatable bonds is 6. The molecular formula is C25H21N7O5. The van der Waals surface area contributed by atoms with Gasteiger partial charge in [0, 0.05) is 12.7 Å².